The SMILES string of the molecule is COCCNC(=S)NN=Cc1cccc(OC)c1OC. The fourth-order valence-electron chi connectivity index (χ4n) is 1.48. The van der Waals surface area contributed by atoms with Gasteiger partial charge in [0.05, 0.1) is 27.0 Å². The van der Waals surface area contributed by atoms with Crippen molar-refractivity contribution in [2.75, 3.05) is 34.5 Å². The minimum absolute atomic E-state index is 0.431. The number of ether oxygens (including phenoxy) is 3. The highest BCUT2D eigenvalue weighted by Crippen LogP contribution is 2.29. The Balaban J connectivity index is 2.60. The van der Waals surface area contributed by atoms with Crippen LogP contribution in [0.15, 0.2) is 23.3 Å². The van der Waals surface area contributed by atoms with Crippen molar-refractivity contribution in [1.29, 1.82) is 0 Å². The molecule has 0 amide bonds. The van der Waals surface area contributed by atoms with E-state index in [0.717, 1.165) is 5.56 Å². The summed E-state index contributed by atoms with van der Waals surface area (Å²) in [5, 5.41) is 7.43. The van der Waals surface area contributed by atoms with E-state index in [1.165, 1.54) is 0 Å². The first-order valence-corrected chi connectivity index (χ1v) is 6.40. The van der Waals surface area contributed by atoms with Crippen molar-refractivity contribution in [2.24, 2.45) is 5.10 Å². The van der Waals surface area contributed by atoms with E-state index in [9.17, 15) is 0 Å². The van der Waals surface area contributed by atoms with Gasteiger partial charge in [-0.3, -0.25) is 5.43 Å². The molecule has 0 saturated carbocycles. The molecule has 6 nitrogen and oxygen atoms in total. The lowest BCUT2D eigenvalue weighted by molar-refractivity contribution is 0.204. The van der Waals surface area contributed by atoms with Crippen LogP contribution >= 0.6 is 12.2 Å². The number of thiocarbonyl (C=S) groups is 1. The van der Waals surface area contributed by atoms with Gasteiger partial charge in [0.2, 0.25) is 0 Å². The standard InChI is InChI=1S/C13H19N3O3S/c1-17-8-7-14-13(20)16-15-9-10-5-4-6-11(18-2)12(10)19-3/h4-6,9H,7-8H2,1-3H3,(H2,14,16,20). The average molecular weight is 297 g/mol. The number of hydrogen-bond donors (Lipinski definition) is 2. The van der Waals surface area contributed by atoms with Gasteiger partial charge in [-0.15, -0.1) is 0 Å². The molecular formula is C13H19N3O3S. The Hall–Kier alpha value is -1.86. The summed E-state index contributed by atoms with van der Waals surface area (Å²) in [5.41, 5.74) is 3.51. The summed E-state index contributed by atoms with van der Waals surface area (Å²) in [5.74, 6) is 1.27. The van der Waals surface area contributed by atoms with Crippen LogP contribution in [0.25, 0.3) is 0 Å². The van der Waals surface area contributed by atoms with Crippen LogP contribution in [0, 0.1) is 0 Å². The zero-order valence-electron chi connectivity index (χ0n) is 11.8. The first-order chi connectivity index (χ1) is 9.72. The van der Waals surface area contributed by atoms with Gasteiger partial charge in [0.25, 0.3) is 0 Å². The predicted molar refractivity (Wildman–Crippen MR) is 82.8 cm³/mol. The number of rotatable bonds is 7. The zero-order chi connectivity index (χ0) is 14.8. The van der Waals surface area contributed by atoms with Crippen molar-refractivity contribution in [3.63, 3.8) is 0 Å². The highest BCUT2D eigenvalue weighted by Gasteiger charge is 2.07. The van der Waals surface area contributed by atoms with Gasteiger partial charge < -0.3 is 19.5 Å². The van der Waals surface area contributed by atoms with E-state index in [1.54, 1.807) is 27.5 Å². The van der Waals surface area contributed by atoms with Crippen molar-refractivity contribution in [1.82, 2.24) is 10.7 Å². The van der Waals surface area contributed by atoms with Gasteiger partial charge in [-0.2, -0.15) is 5.10 Å². The van der Waals surface area contributed by atoms with Gasteiger partial charge in [0.1, 0.15) is 0 Å². The molecule has 0 aliphatic carbocycles. The maximum atomic E-state index is 5.30. The molecule has 1 aromatic rings. The summed E-state index contributed by atoms with van der Waals surface area (Å²) >= 11 is 5.05. The summed E-state index contributed by atoms with van der Waals surface area (Å²) in [6.07, 6.45) is 1.62. The average Bonchev–Trinajstić information content (AvgIpc) is 2.47. The number of hydrogen-bond acceptors (Lipinski definition) is 5. The first-order valence-electron chi connectivity index (χ1n) is 5.99. The number of nitrogens with zero attached hydrogens (tertiary/aromatic N) is 1. The topological polar surface area (TPSA) is 64.1 Å². The molecule has 0 aliphatic rings. The second kappa shape index (κ2) is 9.11. The van der Waals surface area contributed by atoms with E-state index in [0.29, 0.717) is 29.8 Å². The maximum Gasteiger partial charge on any atom is 0.187 e. The molecule has 1 rings (SSSR count). The Morgan fingerprint density at radius 1 is 1.30 bits per heavy atom. The lowest BCUT2D eigenvalue weighted by atomic mass is 10.2. The molecule has 0 spiro atoms. The van der Waals surface area contributed by atoms with E-state index in [4.69, 9.17) is 26.4 Å². The minimum Gasteiger partial charge on any atom is -0.493 e. The van der Waals surface area contributed by atoms with E-state index in [1.807, 2.05) is 18.2 Å². The minimum atomic E-state index is 0.431. The normalized spacial score (nSPS) is 10.3. The van der Waals surface area contributed by atoms with E-state index in [2.05, 4.69) is 15.8 Å². The Morgan fingerprint density at radius 2 is 2.10 bits per heavy atom. The van der Waals surface area contributed by atoms with Crippen LogP contribution in [0.3, 0.4) is 0 Å². The maximum absolute atomic E-state index is 5.30. The van der Waals surface area contributed by atoms with Gasteiger partial charge in [0.15, 0.2) is 16.6 Å². The molecule has 0 aromatic heterocycles. The quantitative estimate of drug-likeness (QED) is 0.341. The lowest BCUT2D eigenvalue weighted by Gasteiger charge is -2.09. The summed E-state index contributed by atoms with van der Waals surface area (Å²) in [6, 6.07) is 5.55. The van der Waals surface area contributed by atoms with Crippen molar-refractivity contribution in [3.8, 4) is 11.5 Å². The molecule has 2 N–H and O–H groups in total. The predicted octanol–water partition coefficient (Wildman–Crippen LogP) is 1.15. The smallest absolute Gasteiger partial charge is 0.187 e. The molecule has 20 heavy (non-hydrogen) atoms. The molecule has 0 atom stereocenters. The third-order valence-corrected chi connectivity index (χ3v) is 2.63. The third-order valence-electron chi connectivity index (χ3n) is 2.39. The van der Waals surface area contributed by atoms with E-state index < -0.39 is 0 Å². The fraction of sp³-hybridized carbons (Fsp3) is 0.385. The zero-order valence-corrected chi connectivity index (χ0v) is 12.6. The van der Waals surface area contributed by atoms with Crippen LogP contribution < -0.4 is 20.2 Å². The lowest BCUT2D eigenvalue weighted by Crippen LogP contribution is -2.34. The highest BCUT2D eigenvalue weighted by atomic mass is 32.1. The molecule has 1 aromatic carbocycles. The molecule has 0 fully saturated rings. The number of benzene rings is 1. The van der Waals surface area contributed by atoms with Gasteiger partial charge in [-0.25, -0.2) is 0 Å². The summed E-state index contributed by atoms with van der Waals surface area (Å²) in [4.78, 5) is 0. The second-order valence-corrected chi connectivity index (χ2v) is 4.11. The molecule has 0 saturated heterocycles. The van der Waals surface area contributed by atoms with Crippen LogP contribution in [-0.4, -0.2) is 45.8 Å². The molecule has 0 bridgehead atoms. The van der Waals surface area contributed by atoms with Crippen molar-refractivity contribution in [3.05, 3.63) is 23.8 Å². The Bertz CT molecular complexity index is 466. The fourth-order valence-corrected chi connectivity index (χ4v) is 1.64. The molecule has 0 unspecified atom stereocenters. The van der Waals surface area contributed by atoms with Gasteiger partial charge in [-0.05, 0) is 24.4 Å². The number of para-hydroxylation sites is 1. The Morgan fingerprint density at radius 3 is 2.75 bits per heavy atom. The third kappa shape index (κ3) is 5.02. The monoisotopic (exact) mass is 297 g/mol. The summed E-state index contributed by atoms with van der Waals surface area (Å²) in [7, 11) is 4.80. The number of nitrogens with one attached hydrogen (secondary N) is 2. The second-order valence-electron chi connectivity index (χ2n) is 3.70. The van der Waals surface area contributed by atoms with Crippen LogP contribution in [0.2, 0.25) is 0 Å². The summed E-state index contributed by atoms with van der Waals surface area (Å²) < 4.78 is 15.4. The Kier molecular flexibility index (Phi) is 7.38. The van der Waals surface area contributed by atoms with Crippen LogP contribution in [-0.2, 0) is 4.74 Å². The van der Waals surface area contributed by atoms with Crippen LogP contribution in [0.5, 0.6) is 11.5 Å². The molecule has 110 valence electrons. The largest absolute Gasteiger partial charge is 0.493 e. The van der Waals surface area contributed by atoms with Crippen LogP contribution in [0.4, 0.5) is 0 Å². The number of methoxy groups -OCH3 is 3. The molecule has 0 aliphatic heterocycles. The van der Waals surface area contributed by atoms with Gasteiger partial charge in [-0.1, -0.05) is 6.07 Å². The van der Waals surface area contributed by atoms with Crippen molar-refractivity contribution >= 4 is 23.5 Å². The van der Waals surface area contributed by atoms with E-state index in [-0.39, 0.29) is 0 Å². The van der Waals surface area contributed by atoms with Crippen LogP contribution in [0.1, 0.15) is 5.56 Å². The molecule has 7 heteroatoms. The van der Waals surface area contributed by atoms with E-state index >= 15 is 0 Å². The summed E-state index contributed by atoms with van der Waals surface area (Å²) in [6.45, 7) is 1.20. The van der Waals surface area contributed by atoms with Gasteiger partial charge in [0, 0.05) is 19.2 Å². The van der Waals surface area contributed by atoms with Gasteiger partial charge >= 0.3 is 0 Å². The van der Waals surface area contributed by atoms with Crippen molar-refractivity contribution in [2.45, 2.75) is 0 Å². The number of hydrazone groups is 1. The molecule has 0 heterocycles. The molecular weight excluding hydrogens is 278 g/mol. The Labute approximate surface area is 124 Å². The van der Waals surface area contributed by atoms with Crippen molar-refractivity contribution < 1.29 is 14.2 Å². The first kappa shape index (κ1) is 16.2. The molecule has 0 radical (unpaired) electrons. The highest BCUT2D eigenvalue weighted by molar-refractivity contribution is 7.80.